The van der Waals surface area contributed by atoms with Gasteiger partial charge in [-0.15, -0.1) is 0 Å². The van der Waals surface area contributed by atoms with Crippen molar-refractivity contribution in [2.75, 3.05) is 20.2 Å². The molecule has 2 N–H and O–H groups in total. The van der Waals surface area contributed by atoms with Gasteiger partial charge in [-0.25, -0.2) is 0 Å². The molecular weight excluding hydrogens is 197 g/mol. The highest BCUT2D eigenvalue weighted by molar-refractivity contribution is 5.44. The predicted octanol–water partition coefficient (Wildman–Crippen LogP) is 1.62. The average molecular weight is 211 g/mol. The van der Waals surface area contributed by atoms with Crippen molar-refractivity contribution >= 4 is 0 Å². The van der Waals surface area contributed by atoms with Crippen molar-refractivity contribution in [1.82, 2.24) is 5.32 Å². The zero-order valence-corrected chi connectivity index (χ0v) is 8.59. The minimum atomic E-state index is -0.665. The van der Waals surface area contributed by atoms with Crippen molar-refractivity contribution < 1.29 is 14.2 Å². The first-order valence-corrected chi connectivity index (χ1v) is 5.00. The van der Waals surface area contributed by atoms with E-state index in [1.165, 1.54) is 13.2 Å². The summed E-state index contributed by atoms with van der Waals surface area (Å²) in [6.45, 7) is 1.77. The molecule has 0 aliphatic carbocycles. The maximum atomic E-state index is 13.5. The number of ether oxygens (including phenoxy) is 1. The largest absolute Gasteiger partial charge is 0.505 e. The summed E-state index contributed by atoms with van der Waals surface area (Å²) in [5.41, 5.74) is 0.831. The molecule has 1 fully saturated rings. The summed E-state index contributed by atoms with van der Waals surface area (Å²) in [5.74, 6) is -0.581. The Hall–Kier alpha value is -1.29. The van der Waals surface area contributed by atoms with E-state index in [0.717, 1.165) is 25.1 Å². The van der Waals surface area contributed by atoms with Gasteiger partial charge in [0.1, 0.15) is 0 Å². The second kappa shape index (κ2) is 4.06. The number of nitrogens with one attached hydrogen (secondary N) is 1. The number of aromatic hydroxyl groups is 1. The molecule has 0 saturated carbocycles. The highest BCUT2D eigenvalue weighted by Crippen LogP contribution is 2.36. The zero-order valence-electron chi connectivity index (χ0n) is 8.59. The summed E-state index contributed by atoms with van der Waals surface area (Å²) < 4.78 is 18.5. The van der Waals surface area contributed by atoms with Gasteiger partial charge in [-0.1, -0.05) is 6.07 Å². The molecule has 1 aromatic carbocycles. The molecule has 4 heteroatoms. The summed E-state index contributed by atoms with van der Waals surface area (Å²) >= 11 is 0. The Morgan fingerprint density at radius 2 is 2.33 bits per heavy atom. The van der Waals surface area contributed by atoms with Gasteiger partial charge < -0.3 is 15.2 Å². The highest BCUT2D eigenvalue weighted by Gasteiger charge is 2.23. The Morgan fingerprint density at radius 1 is 1.53 bits per heavy atom. The molecule has 1 atom stereocenters. The van der Waals surface area contributed by atoms with Crippen LogP contribution in [-0.2, 0) is 0 Å². The second-order valence-corrected chi connectivity index (χ2v) is 3.71. The minimum Gasteiger partial charge on any atom is -0.505 e. The van der Waals surface area contributed by atoms with Gasteiger partial charge in [0, 0.05) is 18.0 Å². The first kappa shape index (κ1) is 10.2. The van der Waals surface area contributed by atoms with E-state index in [-0.39, 0.29) is 17.4 Å². The number of halogens is 1. The molecular formula is C11H14FNO2. The summed E-state index contributed by atoms with van der Waals surface area (Å²) in [5, 5.41) is 12.4. The van der Waals surface area contributed by atoms with Gasteiger partial charge in [-0.3, -0.25) is 0 Å². The molecule has 0 amide bonds. The smallest absolute Gasteiger partial charge is 0.206 e. The molecule has 1 saturated heterocycles. The topological polar surface area (TPSA) is 41.5 Å². The Morgan fingerprint density at radius 3 is 2.93 bits per heavy atom. The molecule has 3 nitrogen and oxygen atoms in total. The Kier molecular flexibility index (Phi) is 2.77. The van der Waals surface area contributed by atoms with Gasteiger partial charge in [-0.2, -0.15) is 4.39 Å². The number of hydrogen-bond acceptors (Lipinski definition) is 3. The SMILES string of the molecule is COc1c(C2CCNC2)ccc(O)c1F. The van der Waals surface area contributed by atoms with Crippen molar-refractivity contribution in [3.63, 3.8) is 0 Å². The summed E-state index contributed by atoms with van der Waals surface area (Å²) in [6, 6.07) is 3.11. The number of phenolic OH excluding ortho intramolecular Hbond substituents is 1. The quantitative estimate of drug-likeness (QED) is 0.781. The molecule has 82 valence electrons. The molecule has 2 rings (SSSR count). The van der Waals surface area contributed by atoms with Crippen LogP contribution in [-0.4, -0.2) is 25.3 Å². The third-order valence-corrected chi connectivity index (χ3v) is 2.81. The fraction of sp³-hybridized carbons (Fsp3) is 0.455. The lowest BCUT2D eigenvalue weighted by atomic mass is 9.97. The molecule has 0 bridgehead atoms. The maximum absolute atomic E-state index is 13.5. The fourth-order valence-electron chi connectivity index (χ4n) is 2.01. The number of phenols is 1. The Bertz CT molecular complexity index is 362. The standard InChI is InChI=1S/C11H14FNO2/c1-15-11-8(7-4-5-13-6-7)2-3-9(14)10(11)12/h2-3,7,13-14H,4-6H2,1H3. The number of rotatable bonds is 2. The predicted molar refractivity (Wildman–Crippen MR) is 54.8 cm³/mol. The van der Waals surface area contributed by atoms with E-state index >= 15 is 0 Å². The molecule has 0 radical (unpaired) electrons. The van der Waals surface area contributed by atoms with Crippen molar-refractivity contribution in [2.45, 2.75) is 12.3 Å². The van der Waals surface area contributed by atoms with Crippen LogP contribution in [0.15, 0.2) is 12.1 Å². The molecule has 1 aromatic rings. The van der Waals surface area contributed by atoms with Crippen LogP contribution in [0.3, 0.4) is 0 Å². The van der Waals surface area contributed by atoms with Gasteiger partial charge in [0.25, 0.3) is 0 Å². The van der Waals surface area contributed by atoms with Crippen LogP contribution in [0.1, 0.15) is 17.9 Å². The lowest BCUT2D eigenvalue weighted by Crippen LogP contribution is -2.09. The minimum absolute atomic E-state index is 0.170. The molecule has 15 heavy (non-hydrogen) atoms. The van der Waals surface area contributed by atoms with Crippen LogP contribution in [0.4, 0.5) is 4.39 Å². The van der Waals surface area contributed by atoms with Crippen molar-refractivity contribution in [3.8, 4) is 11.5 Å². The van der Waals surface area contributed by atoms with Crippen LogP contribution in [0, 0.1) is 5.82 Å². The van der Waals surface area contributed by atoms with Crippen LogP contribution in [0.25, 0.3) is 0 Å². The van der Waals surface area contributed by atoms with Crippen molar-refractivity contribution in [1.29, 1.82) is 0 Å². The number of methoxy groups -OCH3 is 1. The van der Waals surface area contributed by atoms with E-state index < -0.39 is 5.82 Å². The van der Waals surface area contributed by atoms with Crippen molar-refractivity contribution in [3.05, 3.63) is 23.5 Å². The van der Waals surface area contributed by atoms with Gasteiger partial charge in [0.05, 0.1) is 7.11 Å². The second-order valence-electron chi connectivity index (χ2n) is 3.71. The molecule has 0 spiro atoms. The summed E-state index contributed by atoms with van der Waals surface area (Å²) in [7, 11) is 1.42. The normalized spacial score (nSPS) is 20.5. The molecule has 0 aromatic heterocycles. The maximum Gasteiger partial charge on any atom is 0.206 e. The van der Waals surface area contributed by atoms with E-state index in [2.05, 4.69) is 5.32 Å². The summed E-state index contributed by atoms with van der Waals surface area (Å²) in [4.78, 5) is 0. The van der Waals surface area contributed by atoms with Crippen LogP contribution in [0.5, 0.6) is 11.5 Å². The number of benzene rings is 1. The van der Waals surface area contributed by atoms with E-state index in [9.17, 15) is 9.50 Å². The van der Waals surface area contributed by atoms with Crippen LogP contribution >= 0.6 is 0 Å². The monoisotopic (exact) mass is 211 g/mol. The lowest BCUT2D eigenvalue weighted by Gasteiger charge is -2.14. The molecule has 1 aliphatic heterocycles. The zero-order chi connectivity index (χ0) is 10.8. The first-order chi connectivity index (χ1) is 7.24. The van der Waals surface area contributed by atoms with Crippen molar-refractivity contribution in [2.24, 2.45) is 0 Å². The van der Waals surface area contributed by atoms with E-state index in [4.69, 9.17) is 4.74 Å². The average Bonchev–Trinajstić information content (AvgIpc) is 2.75. The molecule has 1 unspecified atom stereocenters. The van der Waals surface area contributed by atoms with Crippen LogP contribution in [0.2, 0.25) is 0 Å². The number of hydrogen-bond donors (Lipinski definition) is 2. The van der Waals surface area contributed by atoms with E-state index in [1.807, 2.05) is 0 Å². The lowest BCUT2D eigenvalue weighted by molar-refractivity contribution is 0.358. The highest BCUT2D eigenvalue weighted by atomic mass is 19.1. The van der Waals surface area contributed by atoms with Gasteiger partial charge in [-0.05, 0) is 19.0 Å². The first-order valence-electron chi connectivity index (χ1n) is 5.00. The molecule has 1 heterocycles. The fourth-order valence-corrected chi connectivity index (χ4v) is 2.01. The van der Waals surface area contributed by atoms with E-state index in [1.54, 1.807) is 6.07 Å². The third kappa shape index (κ3) is 1.77. The van der Waals surface area contributed by atoms with Gasteiger partial charge in [0.2, 0.25) is 5.82 Å². The Balaban J connectivity index is 2.41. The summed E-state index contributed by atoms with van der Waals surface area (Å²) in [6.07, 6.45) is 0.973. The van der Waals surface area contributed by atoms with E-state index in [0.29, 0.717) is 0 Å². The van der Waals surface area contributed by atoms with Gasteiger partial charge in [0.15, 0.2) is 11.5 Å². The molecule has 1 aliphatic rings. The third-order valence-electron chi connectivity index (χ3n) is 2.81. The van der Waals surface area contributed by atoms with Gasteiger partial charge >= 0.3 is 0 Å². The Labute approximate surface area is 87.9 Å². The van der Waals surface area contributed by atoms with Crippen LogP contribution < -0.4 is 10.1 Å².